The molecule has 0 aliphatic carbocycles. The second-order valence-corrected chi connectivity index (χ2v) is 4.38. The molecule has 0 saturated carbocycles. The van der Waals surface area contributed by atoms with Crippen molar-refractivity contribution < 1.29 is 14.6 Å². The van der Waals surface area contributed by atoms with Crippen LogP contribution in [0.5, 0.6) is 0 Å². The Labute approximate surface area is 113 Å². The smallest absolute Gasteiger partial charge is 0.411 e. The minimum absolute atomic E-state index is 0.0622. The molecule has 1 aromatic rings. The van der Waals surface area contributed by atoms with Crippen molar-refractivity contribution in [2.24, 2.45) is 0 Å². The molecule has 4 nitrogen and oxygen atoms in total. The summed E-state index contributed by atoms with van der Waals surface area (Å²) in [5.74, 6) is 5.84. The summed E-state index contributed by atoms with van der Waals surface area (Å²) in [6.07, 6.45) is -0.154. The largest absolute Gasteiger partial charge is 0.447 e. The third kappa shape index (κ3) is 5.45. The van der Waals surface area contributed by atoms with Gasteiger partial charge in [-0.3, -0.25) is 5.32 Å². The maximum absolute atomic E-state index is 11.4. The minimum Gasteiger partial charge on any atom is -0.447 e. The Balaban J connectivity index is 2.72. The van der Waals surface area contributed by atoms with Crippen LogP contribution in [0.2, 0.25) is 0 Å². The van der Waals surface area contributed by atoms with Crippen molar-refractivity contribution in [2.45, 2.75) is 33.3 Å². The Morgan fingerprint density at radius 1 is 1.47 bits per heavy atom. The maximum atomic E-state index is 11.4. The molecule has 0 aliphatic rings. The molecule has 0 radical (unpaired) electrons. The van der Waals surface area contributed by atoms with E-state index in [1.807, 2.05) is 19.1 Å². The van der Waals surface area contributed by atoms with E-state index in [0.717, 1.165) is 11.1 Å². The van der Waals surface area contributed by atoms with Gasteiger partial charge in [0.15, 0.2) is 0 Å². The number of aliphatic hydroxyl groups is 1. The van der Waals surface area contributed by atoms with E-state index in [1.165, 1.54) is 0 Å². The van der Waals surface area contributed by atoms with E-state index in [2.05, 4.69) is 17.2 Å². The van der Waals surface area contributed by atoms with Crippen LogP contribution < -0.4 is 5.32 Å². The van der Waals surface area contributed by atoms with Gasteiger partial charge in [-0.05, 0) is 44.5 Å². The molecule has 1 rings (SSSR count). The lowest BCUT2D eigenvalue weighted by Crippen LogP contribution is -2.18. The summed E-state index contributed by atoms with van der Waals surface area (Å²) in [7, 11) is 0. The number of aliphatic hydroxyl groups excluding tert-OH is 1. The van der Waals surface area contributed by atoms with Crippen LogP contribution in [0.15, 0.2) is 18.2 Å². The van der Waals surface area contributed by atoms with E-state index < -0.39 is 6.09 Å². The van der Waals surface area contributed by atoms with Gasteiger partial charge in [-0.25, -0.2) is 4.79 Å². The van der Waals surface area contributed by atoms with Crippen LogP contribution in [0.1, 0.15) is 31.4 Å². The van der Waals surface area contributed by atoms with Gasteiger partial charge in [-0.2, -0.15) is 0 Å². The van der Waals surface area contributed by atoms with Gasteiger partial charge in [0, 0.05) is 17.7 Å². The highest BCUT2D eigenvalue weighted by Crippen LogP contribution is 2.14. The lowest BCUT2D eigenvalue weighted by atomic mass is 10.1. The first kappa shape index (κ1) is 15.1. The Kier molecular flexibility index (Phi) is 5.91. The van der Waals surface area contributed by atoms with Crippen molar-refractivity contribution in [2.75, 3.05) is 11.9 Å². The number of carbonyl (C=O) groups is 1. The fraction of sp³-hybridized carbons (Fsp3) is 0.400. The van der Waals surface area contributed by atoms with Gasteiger partial charge < -0.3 is 9.84 Å². The molecule has 2 N–H and O–H groups in total. The van der Waals surface area contributed by atoms with Gasteiger partial charge >= 0.3 is 6.09 Å². The van der Waals surface area contributed by atoms with Gasteiger partial charge in [0.1, 0.15) is 0 Å². The summed E-state index contributed by atoms with van der Waals surface area (Å²) in [5, 5.41) is 11.3. The van der Waals surface area contributed by atoms with Crippen molar-refractivity contribution in [3.8, 4) is 11.8 Å². The number of amides is 1. The van der Waals surface area contributed by atoms with E-state index in [1.54, 1.807) is 19.9 Å². The highest BCUT2D eigenvalue weighted by atomic mass is 16.6. The molecule has 102 valence electrons. The van der Waals surface area contributed by atoms with E-state index in [4.69, 9.17) is 9.84 Å². The van der Waals surface area contributed by atoms with Crippen molar-refractivity contribution in [1.82, 2.24) is 0 Å². The Morgan fingerprint density at radius 2 is 2.21 bits per heavy atom. The Bertz CT molecular complexity index is 498. The third-order valence-electron chi connectivity index (χ3n) is 2.28. The zero-order chi connectivity index (χ0) is 14.3. The lowest BCUT2D eigenvalue weighted by Gasteiger charge is -2.10. The number of hydrogen-bond acceptors (Lipinski definition) is 3. The predicted molar refractivity (Wildman–Crippen MR) is 75.0 cm³/mol. The van der Waals surface area contributed by atoms with Crippen molar-refractivity contribution in [3.63, 3.8) is 0 Å². The van der Waals surface area contributed by atoms with Gasteiger partial charge in [0.2, 0.25) is 0 Å². The number of aryl methyl sites for hydroxylation is 1. The second-order valence-electron chi connectivity index (χ2n) is 4.38. The van der Waals surface area contributed by atoms with E-state index in [-0.39, 0.29) is 12.7 Å². The summed E-state index contributed by atoms with van der Waals surface area (Å²) in [5.41, 5.74) is 2.53. The molecule has 1 amide bonds. The number of hydrogen-bond donors (Lipinski definition) is 2. The molecule has 19 heavy (non-hydrogen) atoms. The molecule has 0 fully saturated rings. The average Bonchev–Trinajstić information content (AvgIpc) is 2.31. The average molecular weight is 261 g/mol. The van der Waals surface area contributed by atoms with Gasteiger partial charge in [-0.1, -0.05) is 11.8 Å². The summed E-state index contributed by atoms with van der Waals surface area (Å²) < 4.78 is 5.00. The van der Waals surface area contributed by atoms with Gasteiger partial charge in [0.05, 0.1) is 12.7 Å². The van der Waals surface area contributed by atoms with Crippen molar-refractivity contribution >= 4 is 11.8 Å². The fourth-order valence-electron chi connectivity index (χ4n) is 1.46. The third-order valence-corrected chi connectivity index (χ3v) is 2.28. The molecule has 1 aromatic carbocycles. The van der Waals surface area contributed by atoms with E-state index in [0.29, 0.717) is 12.1 Å². The standard InChI is InChI=1S/C15H19NO3/c1-11(2)19-15(18)16-14-8-7-13(12(3)10-14)6-4-5-9-17/h7-8,10-11,17H,5,9H2,1-3H3,(H,16,18). The number of nitrogens with one attached hydrogen (secondary N) is 1. The molecular weight excluding hydrogens is 242 g/mol. The molecule has 0 aliphatic heterocycles. The van der Waals surface area contributed by atoms with E-state index >= 15 is 0 Å². The number of benzene rings is 1. The quantitative estimate of drug-likeness (QED) is 0.822. The summed E-state index contributed by atoms with van der Waals surface area (Å²) in [6.45, 7) is 5.57. The summed E-state index contributed by atoms with van der Waals surface area (Å²) >= 11 is 0. The van der Waals surface area contributed by atoms with Crippen LogP contribution in [0.4, 0.5) is 10.5 Å². The van der Waals surface area contributed by atoms with Crippen molar-refractivity contribution in [1.29, 1.82) is 0 Å². The fourth-order valence-corrected chi connectivity index (χ4v) is 1.46. The molecule has 0 heterocycles. The van der Waals surface area contributed by atoms with E-state index in [9.17, 15) is 4.79 Å². The normalized spacial score (nSPS) is 9.74. The first-order valence-electron chi connectivity index (χ1n) is 6.21. The number of carbonyl (C=O) groups excluding carboxylic acids is 1. The van der Waals surface area contributed by atoms with Crippen LogP contribution in [-0.4, -0.2) is 23.9 Å². The van der Waals surface area contributed by atoms with Gasteiger partial charge in [0.25, 0.3) is 0 Å². The number of anilines is 1. The van der Waals surface area contributed by atoms with Crippen LogP contribution in [0.25, 0.3) is 0 Å². The summed E-state index contributed by atoms with van der Waals surface area (Å²) in [6, 6.07) is 5.45. The predicted octanol–water partition coefficient (Wildman–Crippen LogP) is 2.69. The summed E-state index contributed by atoms with van der Waals surface area (Å²) in [4.78, 5) is 11.4. The first-order valence-corrected chi connectivity index (χ1v) is 6.21. The maximum Gasteiger partial charge on any atom is 0.411 e. The lowest BCUT2D eigenvalue weighted by molar-refractivity contribution is 0.130. The topological polar surface area (TPSA) is 58.6 Å². The monoisotopic (exact) mass is 261 g/mol. The minimum atomic E-state index is -0.464. The van der Waals surface area contributed by atoms with Crippen molar-refractivity contribution in [3.05, 3.63) is 29.3 Å². The molecule has 0 bridgehead atoms. The molecule has 0 aromatic heterocycles. The Morgan fingerprint density at radius 3 is 2.79 bits per heavy atom. The SMILES string of the molecule is Cc1cc(NC(=O)OC(C)C)ccc1C#CCCO. The molecule has 4 heteroatoms. The highest BCUT2D eigenvalue weighted by Gasteiger charge is 2.06. The van der Waals surface area contributed by atoms with Crippen LogP contribution in [0.3, 0.4) is 0 Å². The first-order chi connectivity index (χ1) is 9.02. The number of ether oxygens (including phenoxy) is 1. The second kappa shape index (κ2) is 7.45. The van der Waals surface area contributed by atoms with Crippen LogP contribution in [0, 0.1) is 18.8 Å². The van der Waals surface area contributed by atoms with Gasteiger partial charge in [-0.15, -0.1) is 0 Å². The van der Waals surface area contributed by atoms with Crippen LogP contribution in [-0.2, 0) is 4.74 Å². The molecule has 0 unspecified atom stereocenters. The highest BCUT2D eigenvalue weighted by molar-refractivity contribution is 5.85. The molecule has 0 atom stereocenters. The van der Waals surface area contributed by atoms with Crippen LogP contribution >= 0.6 is 0 Å². The zero-order valence-corrected chi connectivity index (χ0v) is 11.5. The molecule has 0 saturated heterocycles. The molecule has 0 spiro atoms. The zero-order valence-electron chi connectivity index (χ0n) is 11.5. The Hall–Kier alpha value is -1.99. The molecular formula is C15H19NO3. The number of rotatable bonds is 3.